The molecule has 2 fully saturated rings. The van der Waals surface area contributed by atoms with Crippen molar-refractivity contribution >= 4 is 35.3 Å². The van der Waals surface area contributed by atoms with Gasteiger partial charge in [-0.1, -0.05) is 6.08 Å². The van der Waals surface area contributed by atoms with E-state index in [4.69, 9.17) is 0 Å². The molecule has 0 spiro atoms. The maximum absolute atomic E-state index is 11.6. The number of unbranched alkanes of at least 4 members (excludes halogenated alkanes) is 1. The summed E-state index contributed by atoms with van der Waals surface area (Å²) >= 11 is 3.85. The van der Waals surface area contributed by atoms with Gasteiger partial charge in [0, 0.05) is 23.6 Å². The molecule has 0 unspecified atom stereocenters. The van der Waals surface area contributed by atoms with E-state index in [1.54, 1.807) is 0 Å². The Morgan fingerprint density at radius 1 is 1.06 bits per heavy atom. The zero-order chi connectivity index (χ0) is 12.8. The van der Waals surface area contributed by atoms with Crippen molar-refractivity contribution in [3.05, 3.63) is 10.3 Å². The molecule has 2 rings (SSSR count). The second-order valence-corrected chi connectivity index (χ2v) is 7.04. The third-order valence-electron chi connectivity index (χ3n) is 3.06. The van der Waals surface area contributed by atoms with Crippen molar-refractivity contribution in [2.24, 2.45) is 0 Å². The van der Waals surface area contributed by atoms with Crippen LogP contribution in [0.2, 0.25) is 0 Å². The first-order valence-corrected chi connectivity index (χ1v) is 8.53. The van der Waals surface area contributed by atoms with E-state index in [0.29, 0.717) is 19.4 Å². The monoisotopic (exact) mass is 285 g/mol. The molecular formula is C13H19NO2S2. The quantitative estimate of drug-likeness (QED) is 0.588. The first-order valence-electron chi connectivity index (χ1n) is 6.56. The summed E-state index contributed by atoms with van der Waals surface area (Å²) in [6, 6.07) is 0. The number of carbonyl (C=O) groups excluding carboxylic acids is 2. The SMILES string of the molecule is O=C1CCCC(=O)N1CCCC=C1SCCCS1. The normalized spacial score (nSPS) is 21.3. The molecule has 0 N–H and O–H groups in total. The van der Waals surface area contributed by atoms with Crippen LogP contribution in [0.5, 0.6) is 0 Å². The second-order valence-electron chi connectivity index (χ2n) is 4.51. The summed E-state index contributed by atoms with van der Waals surface area (Å²) in [5, 5.41) is 0. The number of hydrogen-bond acceptors (Lipinski definition) is 4. The topological polar surface area (TPSA) is 37.4 Å². The van der Waals surface area contributed by atoms with Crippen LogP contribution in [0.4, 0.5) is 0 Å². The lowest BCUT2D eigenvalue weighted by Gasteiger charge is -2.24. The Morgan fingerprint density at radius 2 is 1.72 bits per heavy atom. The van der Waals surface area contributed by atoms with Gasteiger partial charge in [-0.15, -0.1) is 23.5 Å². The van der Waals surface area contributed by atoms with Gasteiger partial charge in [-0.25, -0.2) is 0 Å². The molecule has 2 aliphatic heterocycles. The third-order valence-corrected chi connectivity index (χ3v) is 5.65. The molecule has 2 heterocycles. The van der Waals surface area contributed by atoms with Crippen LogP contribution < -0.4 is 0 Å². The van der Waals surface area contributed by atoms with Crippen molar-refractivity contribution in [1.29, 1.82) is 0 Å². The molecule has 2 saturated heterocycles. The number of likely N-dealkylation sites (tertiary alicyclic amines) is 1. The summed E-state index contributed by atoms with van der Waals surface area (Å²) in [4.78, 5) is 24.6. The predicted octanol–water partition coefficient (Wildman–Crippen LogP) is 3.02. The Balaban J connectivity index is 1.71. The molecule has 0 aromatic rings. The van der Waals surface area contributed by atoms with Crippen molar-refractivity contribution in [3.63, 3.8) is 0 Å². The smallest absolute Gasteiger partial charge is 0.229 e. The molecule has 0 aromatic heterocycles. The van der Waals surface area contributed by atoms with Gasteiger partial charge in [0.1, 0.15) is 0 Å². The van der Waals surface area contributed by atoms with Crippen molar-refractivity contribution in [1.82, 2.24) is 4.90 Å². The van der Waals surface area contributed by atoms with Gasteiger partial charge in [-0.3, -0.25) is 14.5 Å². The van der Waals surface area contributed by atoms with Crippen LogP contribution in [0.3, 0.4) is 0 Å². The van der Waals surface area contributed by atoms with Gasteiger partial charge in [-0.2, -0.15) is 0 Å². The second kappa shape index (κ2) is 7.24. The van der Waals surface area contributed by atoms with E-state index in [1.807, 2.05) is 23.5 Å². The average molecular weight is 285 g/mol. The number of piperidine rings is 1. The summed E-state index contributed by atoms with van der Waals surface area (Å²) in [7, 11) is 0. The zero-order valence-electron chi connectivity index (χ0n) is 10.5. The van der Waals surface area contributed by atoms with Crippen LogP contribution in [0, 0.1) is 0 Å². The van der Waals surface area contributed by atoms with Crippen molar-refractivity contribution in [3.8, 4) is 0 Å². The lowest BCUT2D eigenvalue weighted by atomic mass is 10.1. The molecule has 0 atom stereocenters. The third kappa shape index (κ3) is 4.05. The largest absolute Gasteiger partial charge is 0.283 e. The highest BCUT2D eigenvalue weighted by Gasteiger charge is 2.24. The molecule has 18 heavy (non-hydrogen) atoms. The van der Waals surface area contributed by atoms with Gasteiger partial charge in [0.25, 0.3) is 0 Å². The molecular weight excluding hydrogens is 266 g/mol. The lowest BCUT2D eigenvalue weighted by Crippen LogP contribution is -2.40. The molecule has 0 radical (unpaired) electrons. The summed E-state index contributed by atoms with van der Waals surface area (Å²) < 4.78 is 1.41. The minimum atomic E-state index is 0.0142. The van der Waals surface area contributed by atoms with Crippen molar-refractivity contribution in [2.75, 3.05) is 18.1 Å². The molecule has 0 saturated carbocycles. The number of carbonyl (C=O) groups is 2. The number of imide groups is 1. The lowest BCUT2D eigenvalue weighted by molar-refractivity contribution is -0.147. The first kappa shape index (κ1) is 14.0. The average Bonchev–Trinajstić information content (AvgIpc) is 2.38. The standard InChI is InChI=1S/C13H19NO2S2/c15-11-5-3-6-12(16)14(11)8-2-1-7-13-17-9-4-10-18-13/h7H,1-6,8-10H2. The van der Waals surface area contributed by atoms with E-state index in [9.17, 15) is 9.59 Å². The molecule has 0 bridgehead atoms. The van der Waals surface area contributed by atoms with E-state index >= 15 is 0 Å². The summed E-state index contributed by atoms with van der Waals surface area (Å²) in [5.74, 6) is 2.48. The predicted molar refractivity (Wildman–Crippen MR) is 77.4 cm³/mol. The molecule has 100 valence electrons. The van der Waals surface area contributed by atoms with Crippen LogP contribution in [-0.2, 0) is 9.59 Å². The molecule has 2 amide bonds. The van der Waals surface area contributed by atoms with E-state index in [-0.39, 0.29) is 11.8 Å². The number of thioether (sulfide) groups is 2. The Hall–Kier alpha value is -0.420. The van der Waals surface area contributed by atoms with Gasteiger partial charge < -0.3 is 0 Å². The van der Waals surface area contributed by atoms with E-state index in [2.05, 4.69) is 6.08 Å². The molecule has 3 nitrogen and oxygen atoms in total. The minimum absolute atomic E-state index is 0.0142. The van der Waals surface area contributed by atoms with Gasteiger partial charge in [0.15, 0.2) is 0 Å². The van der Waals surface area contributed by atoms with Gasteiger partial charge in [0.2, 0.25) is 11.8 Å². The van der Waals surface area contributed by atoms with Gasteiger partial charge in [0.05, 0.1) is 0 Å². The van der Waals surface area contributed by atoms with Crippen LogP contribution in [0.1, 0.15) is 38.5 Å². The minimum Gasteiger partial charge on any atom is -0.283 e. The number of allylic oxidation sites excluding steroid dienone is 1. The number of rotatable bonds is 4. The van der Waals surface area contributed by atoms with Gasteiger partial charge >= 0.3 is 0 Å². The van der Waals surface area contributed by atoms with Crippen molar-refractivity contribution in [2.45, 2.75) is 38.5 Å². The summed E-state index contributed by atoms with van der Waals surface area (Å²) in [5.41, 5.74) is 0. The van der Waals surface area contributed by atoms with E-state index < -0.39 is 0 Å². The Bertz CT molecular complexity index is 331. The fraction of sp³-hybridized carbons (Fsp3) is 0.692. The zero-order valence-corrected chi connectivity index (χ0v) is 12.2. The Labute approximate surface area is 117 Å². The molecule has 5 heteroatoms. The fourth-order valence-corrected chi connectivity index (χ4v) is 4.55. The highest BCUT2D eigenvalue weighted by Crippen LogP contribution is 2.34. The number of hydrogen-bond donors (Lipinski definition) is 0. The highest BCUT2D eigenvalue weighted by molar-refractivity contribution is 8.22. The summed E-state index contributed by atoms with van der Waals surface area (Å²) in [6.45, 7) is 0.594. The first-order chi connectivity index (χ1) is 8.77. The van der Waals surface area contributed by atoms with Crippen LogP contribution in [-0.4, -0.2) is 34.8 Å². The molecule has 0 aliphatic carbocycles. The summed E-state index contributed by atoms with van der Waals surface area (Å²) in [6.07, 6.45) is 7.22. The van der Waals surface area contributed by atoms with Crippen LogP contribution in [0.15, 0.2) is 10.3 Å². The Morgan fingerprint density at radius 3 is 2.39 bits per heavy atom. The van der Waals surface area contributed by atoms with Crippen molar-refractivity contribution < 1.29 is 9.59 Å². The molecule has 2 aliphatic rings. The maximum Gasteiger partial charge on any atom is 0.229 e. The highest BCUT2D eigenvalue weighted by atomic mass is 32.2. The Kier molecular flexibility index (Phi) is 5.63. The fourth-order valence-electron chi connectivity index (χ4n) is 2.08. The van der Waals surface area contributed by atoms with Crippen LogP contribution >= 0.6 is 23.5 Å². The number of amides is 2. The van der Waals surface area contributed by atoms with Gasteiger partial charge in [-0.05, 0) is 37.2 Å². The van der Waals surface area contributed by atoms with E-state index in [0.717, 1.165) is 19.3 Å². The maximum atomic E-state index is 11.6. The number of nitrogens with zero attached hydrogens (tertiary/aromatic N) is 1. The van der Waals surface area contributed by atoms with E-state index in [1.165, 1.54) is 27.1 Å². The molecule has 0 aromatic carbocycles. The van der Waals surface area contributed by atoms with Crippen LogP contribution in [0.25, 0.3) is 0 Å².